The third-order valence-electron chi connectivity index (χ3n) is 4.23. The summed E-state index contributed by atoms with van der Waals surface area (Å²) in [5.41, 5.74) is 0. The molecule has 3 amide bonds. The molecule has 2 aliphatic heterocycles. The maximum Gasteiger partial charge on any atom is 0.315 e. The predicted octanol–water partition coefficient (Wildman–Crippen LogP) is 0.985. The summed E-state index contributed by atoms with van der Waals surface area (Å²) < 4.78 is 5.78. The van der Waals surface area contributed by atoms with E-state index in [1.807, 2.05) is 35.2 Å². The van der Waals surface area contributed by atoms with Gasteiger partial charge in [0.05, 0.1) is 6.61 Å². The molecule has 2 fully saturated rings. The molecule has 2 aliphatic rings. The van der Waals surface area contributed by atoms with Crippen molar-refractivity contribution in [1.82, 2.24) is 15.5 Å². The van der Waals surface area contributed by atoms with E-state index in [2.05, 4.69) is 10.6 Å². The van der Waals surface area contributed by atoms with Gasteiger partial charge in [-0.2, -0.15) is 0 Å². The number of carbonyl (C=O) groups is 2. The summed E-state index contributed by atoms with van der Waals surface area (Å²) in [6.45, 7) is 2.53. The Labute approximate surface area is 129 Å². The molecule has 1 atom stereocenters. The van der Waals surface area contributed by atoms with E-state index in [9.17, 15) is 9.59 Å². The van der Waals surface area contributed by atoms with Gasteiger partial charge in [-0.1, -0.05) is 18.2 Å². The minimum absolute atomic E-state index is 0.0146. The molecule has 0 aliphatic carbocycles. The van der Waals surface area contributed by atoms with Gasteiger partial charge >= 0.3 is 6.03 Å². The van der Waals surface area contributed by atoms with Crippen molar-refractivity contribution in [3.63, 3.8) is 0 Å². The maximum absolute atomic E-state index is 12.3. The van der Waals surface area contributed by atoms with E-state index < -0.39 is 6.04 Å². The molecule has 118 valence electrons. The SMILES string of the molecule is O=C1NCC(C(=O)N2CCC(COc3ccccc3)CC2)N1. The fourth-order valence-corrected chi connectivity index (χ4v) is 2.88. The van der Waals surface area contributed by atoms with Crippen LogP contribution in [0.3, 0.4) is 0 Å². The number of urea groups is 1. The lowest BCUT2D eigenvalue weighted by Gasteiger charge is -2.33. The monoisotopic (exact) mass is 303 g/mol. The highest BCUT2D eigenvalue weighted by Crippen LogP contribution is 2.20. The molecule has 2 heterocycles. The summed E-state index contributed by atoms with van der Waals surface area (Å²) in [6.07, 6.45) is 1.87. The van der Waals surface area contributed by atoms with Crippen LogP contribution in [-0.2, 0) is 4.79 Å². The Hall–Kier alpha value is -2.24. The van der Waals surface area contributed by atoms with Gasteiger partial charge < -0.3 is 20.3 Å². The minimum Gasteiger partial charge on any atom is -0.493 e. The van der Waals surface area contributed by atoms with Gasteiger partial charge in [0.1, 0.15) is 11.8 Å². The number of ether oxygens (including phenoxy) is 1. The van der Waals surface area contributed by atoms with E-state index in [1.54, 1.807) is 0 Å². The van der Waals surface area contributed by atoms with Crippen LogP contribution < -0.4 is 15.4 Å². The predicted molar refractivity (Wildman–Crippen MR) is 81.6 cm³/mol. The molecule has 1 aromatic rings. The molecule has 1 unspecified atom stereocenters. The average Bonchev–Trinajstić information content (AvgIpc) is 3.00. The maximum atomic E-state index is 12.3. The highest BCUT2D eigenvalue weighted by molar-refractivity contribution is 5.90. The van der Waals surface area contributed by atoms with Crippen LogP contribution in [0.5, 0.6) is 5.75 Å². The van der Waals surface area contributed by atoms with E-state index in [4.69, 9.17) is 4.74 Å². The molecule has 22 heavy (non-hydrogen) atoms. The number of para-hydroxylation sites is 1. The topological polar surface area (TPSA) is 70.7 Å². The summed E-state index contributed by atoms with van der Waals surface area (Å²) in [4.78, 5) is 25.2. The van der Waals surface area contributed by atoms with E-state index in [-0.39, 0.29) is 11.9 Å². The second-order valence-corrected chi connectivity index (χ2v) is 5.80. The number of hydrogen-bond acceptors (Lipinski definition) is 3. The van der Waals surface area contributed by atoms with Crippen molar-refractivity contribution < 1.29 is 14.3 Å². The first-order chi connectivity index (χ1) is 10.7. The standard InChI is InChI=1S/C16H21N3O3/c20-15(14-10-17-16(21)18-14)19-8-6-12(7-9-19)11-22-13-4-2-1-3-5-13/h1-5,12,14H,6-11H2,(H2,17,18,21). The first kappa shape index (κ1) is 14.7. The van der Waals surface area contributed by atoms with Crippen molar-refractivity contribution in [2.75, 3.05) is 26.2 Å². The second kappa shape index (κ2) is 6.68. The van der Waals surface area contributed by atoms with Crippen LogP contribution in [0, 0.1) is 5.92 Å². The van der Waals surface area contributed by atoms with Crippen LogP contribution in [0.15, 0.2) is 30.3 Å². The van der Waals surface area contributed by atoms with Gasteiger partial charge in [-0.3, -0.25) is 4.79 Å². The first-order valence-electron chi connectivity index (χ1n) is 7.73. The fraction of sp³-hybridized carbons (Fsp3) is 0.500. The number of carbonyl (C=O) groups excluding carboxylic acids is 2. The zero-order valence-corrected chi connectivity index (χ0v) is 12.5. The number of hydrogen-bond donors (Lipinski definition) is 2. The lowest BCUT2D eigenvalue weighted by atomic mass is 9.97. The summed E-state index contributed by atoms with van der Waals surface area (Å²) in [5, 5.41) is 5.26. The van der Waals surface area contributed by atoms with Crippen LogP contribution >= 0.6 is 0 Å². The Kier molecular flexibility index (Phi) is 4.46. The van der Waals surface area contributed by atoms with Crippen molar-refractivity contribution in [3.8, 4) is 5.75 Å². The molecule has 0 aromatic heterocycles. The van der Waals surface area contributed by atoms with Crippen molar-refractivity contribution in [2.45, 2.75) is 18.9 Å². The van der Waals surface area contributed by atoms with Crippen LogP contribution in [0.1, 0.15) is 12.8 Å². The third-order valence-corrected chi connectivity index (χ3v) is 4.23. The summed E-state index contributed by atoms with van der Waals surface area (Å²) >= 11 is 0. The molecule has 0 bridgehead atoms. The summed E-state index contributed by atoms with van der Waals surface area (Å²) in [6, 6.07) is 9.12. The van der Waals surface area contributed by atoms with E-state index >= 15 is 0 Å². The normalized spacial score (nSPS) is 22.1. The number of benzene rings is 1. The van der Waals surface area contributed by atoms with E-state index in [1.165, 1.54) is 0 Å². The quantitative estimate of drug-likeness (QED) is 0.871. The van der Waals surface area contributed by atoms with Crippen LogP contribution in [0.2, 0.25) is 0 Å². The van der Waals surface area contributed by atoms with Gasteiger partial charge in [-0.25, -0.2) is 4.79 Å². The molecular weight excluding hydrogens is 282 g/mol. The lowest BCUT2D eigenvalue weighted by molar-refractivity contribution is -0.134. The molecule has 0 spiro atoms. The van der Waals surface area contributed by atoms with Crippen LogP contribution in [-0.4, -0.2) is 49.1 Å². The smallest absolute Gasteiger partial charge is 0.315 e. The molecule has 6 heteroatoms. The third kappa shape index (κ3) is 3.50. The minimum atomic E-state index is -0.412. The van der Waals surface area contributed by atoms with Crippen molar-refractivity contribution >= 4 is 11.9 Å². The second-order valence-electron chi connectivity index (χ2n) is 5.80. The first-order valence-corrected chi connectivity index (χ1v) is 7.73. The zero-order chi connectivity index (χ0) is 15.4. The number of piperidine rings is 1. The molecule has 6 nitrogen and oxygen atoms in total. The van der Waals surface area contributed by atoms with Gasteiger partial charge in [0, 0.05) is 19.6 Å². The Morgan fingerprint density at radius 3 is 2.59 bits per heavy atom. The van der Waals surface area contributed by atoms with Gasteiger partial charge in [-0.05, 0) is 30.9 Å². The van der Waals surface area contributed by atoms with Crippen molar-refractivity contribution in [2.24, 2.45) is 5.92 Å². The van der Waals surface area contributed by atoms with Gasteiger partial charge in [0.2, 0.25) is 5.91 Å². The number of likely N-dealkylation sites (tertiary alicyclic amines) is 1. The molecule has 1 aromatic carbocycles. The van der Waals surface area contributed by atoms with E-state index in [0.717, 1.165) is 31.7 Å². The summed E-state index contributed by atoms with van der Waals surface area (Å²) in [7, 11) is 0. The Balaban J connectivity index is 1.42. The van der Waals surface area contributed by atoms with Crippen molar-refractivity contribution in [3.05, 3.63) is 30.3 Å². The number of amides is 3. The highest BCUT2D eigenvalue weighted by atomic mass is 16.5. The number of rotatable bonds is 4. The molecular formula is C16H21N3O3. The summed E-state index contributed by atoms with van der Waals surface area (Å²) in [5.74, 6) is 1.38. The zero-order valence-electron chi connectivity index (χ0n) is 12.5. The van der Waals surface area contributed by atoms with Crippen molar-refractivity contribution in [1.29, 1.82) is 0 Å². The Morgan fingerprint density at radius 2 is 1.95 bits per heavy atom. The van der Waals surface area contributed by atoms with E-state index in [0.29, 0.717) is 19.1 Å². The highest BCUT2D eigenvalue weighted by Gasteiger charge is 2.32. The number of nitrogens with zero attached hydrogens (tertiary/aromatic N) is 1. The van der Waals surface area contributed by atoms with Crippen LogP contribution in [0.4, 0.5) is 4.79 Å². The Bertz CT molecular complexity index is 527. The Morgan fingerprint density at radius 1 is 1.23 bits per heavy atom. The molecule has 0 radical (unpaired) electrons. The fourth-order valence-electron chi connectivity index (χ4n) is 2.88. The number of nitrogens with one attached hydrogen (secondary N) is 2. The lowest BCUT2D eigenvalue weighted by Crippen LogP contribution is -2.48. The largest absolute Gasteiger partial charge is 0.493 e. The molecule has 3 rings (SSSR count). The molecule has 2 saturated heterocycles. The van der Waals surface area contributed by atoms with Gasteiger partial charge in [0.15, 0.2) is 0 Å². The van der Waals surface area contributed by atoms with Gasteiger partial charge in [0.25, 0.3) is 0 Å². The van der Waals surface area contributed by atoms with Gasteiger partial charge in [-0.15, -0.1) is 0 Å². The van der Waals surface area contributed by atoms with Crippen LogP contribution in [0.25, 0.3) is 0 Å². The average molecular weight is 303 g/mol. The molecule has 2 N–H and O–H groups in total. The molecule has 0 saturated carbocycles.